The van der Waals surface area contributed by atoms with Crippen LogP contribution in [0.2, 0.25) is 10.0 Å². The zero-order valence-corrected chi connectivity index (χ0v) is 13.0. The number of nitrogens with one attached hydrogen (secondary N) is 2. The summed E-state index contributed by atoms with van der Waals surface area (Å²) in [4.78, 5) is 23.5. The number of carbonyl (C=O) groups excluding carboxylic acids is 1. The summed E-state index contributed by atoms with van der Waals surface area (Å²) in [6, 6.07) is 2.75. The van der Waals surface area contributed by atoms with Crippen LogP contribution in [0.25, 0.3) is 0 Å². The van der Waals surface area contributed by atoms with Crippen molar-refractivity contribution < 1.29 is 14.7 Å². The van der Waals surface area contributed by atoms with Crippen LogP contribution >= 0.6 is 23.2 Å². The molecule has 0 saturated heterocycles. The van der Waals surface area contributed by atoms with E-state index in [1.165, 1.54) is 0 Å². The molecule has 0 heterocycles. The molecule has 2 amide bonds. The molecular formula is C14H16Cl2N2O3. The van der Waals surface area contributed by atoms with Crippen molar-refractivity contribution in [1.82, 2.24) is 5.32 Å². The Kier molecular flexibility index (Phi) is 4.64. The highest BCUT2D eigenvalue weighted by Gasteiger charge is 2.42. The maximum Gasteiger partial charge on any atom is 0.329 e. The van der Waals surface area contributed by atoms with Gasteiger partial charge in [0.2, 0.25) is 0 Å². The summed E-state index contributed by atoms with van der Waals surface area (Å²) in [5, 5.41) is 15.1. The maximum atomic E-state index is 12.1. The van der Waals surface area contributed by atoms with Gasteiger partial charge in [0.05, 0.1) is 15.7 Å². The Morgan fingerprint density at radius 2 is 1.86 bits per heavy atom. The van der Waals surface area contributed by atoms with E-state index in [0.717, 1.165) is 18.4 Å². The first-order chi connectivity index (χ1) is 9.85. The zero-order chi connectivity index (χ0) is 15.6. The van der Waals surface area contributed by atoms with E-state index in [1.54, 1.807) is 19.1 Å². The largest absolute Gasteiger partial charge is 0.480 e. The van der Waals surface area contributed by atoms with Crippen molar-refractivity contribution in [3.8, 4) is 0 Å². The van der Waals surface area contributed by atoms with Gasteiger partial charge in [-0.3, -0.25) is 0 Å². The molecule has 1 aliphatic rings. The third-order valence-electron chi connectivity index (χ3n) is 3.74. The molecule has 1 aromatic rings. The molecule has 1 aromatic carbocycles. The quantitative estimate of drug-likeness (QED) is 0.788. The molecule has 3 N–H and O–H groups in total. The first kappa shape index (κ1) is 15.9. The summed E-state index contributed by atoms with van der Waals surface area (Å²) < 4.78 is 0. The smallest absolute Gasteiger partial charge is 0.329 e. The van der Waals surface area contributed by atoms with Gasteiger partial charge in [-0.1, -0.05) is 42.1 Å². The van der Waals surface area contributed by atoms with Crippen molar-refractivity contribution >= 4 is 40.9 Å². The highest BCUT2D eigenvalue weighted by Crippen LogP contribution is 2.34. The minimum Gasteiger partial charge on any atom is -0.480 e. The van der Waals surface area contributed by atoms with Crippen LogP contribution in [0.3, 0.4) is 0 Å². The van der Waals surface area contributed by atoms with Gasteiger partial charge in [-0.15, -0.1) is 0 Å². The number of halogens is 2. The Morgan fingerprint density at radius 1 is 1.24 bits per heavy atom. The van der Waals surface area contributed by atoms with Gasteiger partial charge in [-0.2, -0.15) is 0 Å². The number of rotatable bonds is 3. The van der Waals surface area contributed by atoms with Gasteiger partial charge in [-0.25, -0.2) is 9.59 Å². The molecule has 114 valence electrons. The molecule has 0 spiro atoms. The standard InChI is InChI=1S/C14H16Cl2N2O3/c1-8-4-5-9(15)11(10(8)16)17-13(21)18-14(12(19)20)6-2-3-7-14/h4-5H,2-3,6-7H2,1H3,(H,19,20)(H2,17,18,21). The Balaban J connectivity index is 2.16. The lowest BCUT2D eigenvalue weighted by Gasteiger charge is -2.25. The highest BCUT2D eigenvalue weighted by molar-refractivity contribution is 6.40. The SMILES string of the molecule is Cc1ccc(Cl)c(NC(=O)NC2(C(=O)O)CCCC2)c1Cl. The van der Waals surface area contributed by atoms with Crippen LogP contribution in [0, 0.1) is 6.92 Å². The number of anilines is 1. The van der Waals surface area contributed by atoms with Crippen LogP contribution in [-0.2, 0) is 4.79 Å². The van der Waals surface area contributed by atoms with Gasteiger partial charge < -0.3 is 15.7 Å². The maximum absolute atomic E-state index is 12.1. The van der Waals surface area contributed by atoms with E-state index >= 15 is 0 Å². The van der Waals surface area contributed by atoms with Crippen molar-refractivity contribution in [2.45, 2.75) is 38.1 Å². The van der Waals surface area contributed by atoms with Crippen LogP contribution in [0.1, 0.15) is 31.2 Å². The number of carbonyl (C=O) groups is 2. The Labute approximate surface area is 132 Å². The van der Waals surface area contributed by atoms with Crippen molar-refractivity contribution in [3.05, 3.63) is 27.7 Å². The fraction of sp³-hybridized carbons (Fsp3) is 0.429. The second-order valence-electron chi connectivity index (χ2n) is 5.23. The highest BCUT2D eigenvalue weighted by atomic mass is 35.5. The van der Waals surface area contributed by atoms with E-state index < -0.39 is 17.5 Å². The molecule has 21 heavy (non-hydrogen) atoms. The number of benzene rings is 1. The topological polar surface area (TPSA) is 78.4 Å². The van der Waals surface area contributed by atoms with Gasteiger partial charge in [-0.05, 0) is 31.4 Å². The molecule has 0 aliphatic heterocycles. The monoisotopic (exact) mass is 330 g/mol. The molecule has 2 rings (SSSR count). The predicted octanol–water partition coefficient (Wildman–Crippen LogP) is 3.82. The third kappa shape index (κ3) is 3.24. The summed E-state index contributed by atoms with van der Waals surface area (Å²) in [6.07, 6.45) is 2.40. The lowest BCUT2D eigenvalue weighted by Crippen LogP contribution is -2.53. The summed E-state index contributed by atoms with van der Waals surface area (Å²) in [6.45, 7) is 1.79. The van der Waals surface area contributed by atoms with Crippen LogP contribution in [0.5, 0.6) is 0 Å². The molecule has 1 aliphatic carbocycles. The Morgan fingerprint density at radius 3 is 2.43 bits per heavy atom. The van der Waals surface area contributed by atoms with Crippen molar-refractivity contribution in [2.75, 3.05) is 5.32 Å². The average Bonchev–Trinajstić information content (AvgIpc) is 2.89. The number of aliphatic carboxylic acids is 1. The lowest BCUT2D eigenvalue weighted by molar-refractivity contribution is -0.144. The minimum absolute atomic E-state index is 0.286. The van der Waals surface area contributed by atoms with Crippen molar-refractivity contribution in [3.63, 3.8) is 0 Å². The molecule has 0 aromatic heterocycles. The van der Waals surface area contributed by atoms with E-state index in [1.807, 2.05) is 0 Å². The molecule has 5 nitrogen and oxygen atoms in total. The number of hydrogen-bond acceptors (Lipinski definition) is 2. The number of carboxylic acids is 1. The third-order valence-corrected chi connectivity index (χ3v) is 4.54. The van der Waals surface area contributed by atoms with E-state index in [2.05, 4.69) is 10.6 Å². The second-order valence-corrected chi connectivity index (χ2v) is 6.01. The zero-order valence-electron chi connectivity index (χ0n) is 11.5. The Hall–Kier alpha value is -1.46. The first-order valence-electron chi connectivity index (χ1n) is 6.63. The van der Waals surface area contributed by atoms with Gasteiger partial charge >= 0.3 is 12.0 Å². The summed E-state index contributed by atoms with van der Waals surface area (Å²) >= 11 is 12.1. The molecule has 1 saturated carbocycles. The minimum atomic E-state index is -1.20. The molecular weight excluding hydrogens is 315 g/mol. The van der Waals surface area contributed by atoms with Gasteiger partial charge in [0, 0.05) is 0 Å². The van der Waals surface area contributed by atoms with Crippen LogP contribution in [0.4, 0.5) is 10.5 Å². The Bertz CT molecular complexity index is 584. The molecule has 7 heteroatoms. The van der Waals surface area contributed by atoms with E-state index in [0.29, 0.717) is 22.9 Å². The summed E-state index contributed by atoms with van der Waals surface area (Å²) in [5.41, 5.74) is -0.146. The van der Waals surface area contributed by atoms with Gasteiger partial charge in [0.25, 0.3) is 0 Å². The van der Waals surface area contributed by atoms with Crippen molar-refractivity contribution in [2.24, 2.45) is 0 Å². The second kappa shape index (κ2) is 6.12. The van der Waals surface area contributed by atoms with Crippen LogP contribution in [-0.4, -0.2) is 22.6 Å². The predicted molar refractivity (Wildman–Crippen MR) is 82.2 cm³/mol. The number of hydrogen-bond donors (Lipinski definition) is 3. The number of urea groups is 1. The molecule has 0 radical (unpaired) electrons. The first-order valence-corrected chi connectivity index (χ1v) is 7.38. The average molecular weight is 331 g/mol. The molecule has 0 bridgehead atoms. The normalized spacial score (nSPS) is 16.5. The van der Waals surface area contributed by atoms with Gasteiger partial charge in [0.15, 0.2) is 0 Å². The van der Waals surface area contributed by atoms with E-state index in [4.69, 9.17) is 23.2 Å². The van der Waals surface area contributed by atoms with Crippen LogP contribution < -0.4 is 10.6 Å². The van der Waals surface area contributed by atoms with Gasteiger partial charge in [0.1, 0.15) is 5.54 Å². The lowest BCUT2D eigenvalue weighted by atomic mass is 9.98. The number of aryl methyl sites for hydroxylation is 1. The van der Waals surface area contributed by atoms with E-state index in [9.17, 15) is 14.7 Å². The fourth-order valence-electron chi connectivity index (χ4n) is 2.50. The molecule has 0 unspecified atom stereocenters. The number of amides is 2. The fourth-order valence-corrected chi connectivity index (χ4v) is 2.97. The molecule has 1 fully saturated rings. The molecule has 0 atom stereocenters. The van der Waals surface area contributed by atoms with Crippen LogP contribution in [0.15, 0.2) is 12.1 Å². The van der Waals surface area contributed by atoms with Crippen molar-refractivity contribution in [1.29, 1.82) is 0 Å². The number of carboxylic acid groups (broad SMARTS) is 1. The summed E-state index contributed by atoms with van der Waals surface area (Å²) in [7, 11) is 0. The van der Waals surface area contributed by atoms with E-state index in [-0.39, 0.29) is 5.69 Å². The summed E-state index contributed by atoms with van der Waals surface area (Å²) in [5.74, 6) is -1.02.